The molecule has 0 aromatic heterocycles. The molecule has 1 aliphatic heterocycles. The van der Waals surface area contributed by atoms with Gasteiger partial charge in [0, 0.05) is 29.3 Å². The fourth-order valence-corrected chi connectivity index (χ4v) is 5.33. The summed E-state index contributed by atoms with van der Waals surface area (Å²) in [6.07, 6.45) is 6.10. The van der Waals surface area contributed by atoms with Gasteiger partial charge in [-0.3, -0.25) is 4.79 Å². The quantitative estimate of drug-likeness (QED) is 0.562. The number of hydrogen-bond acceptors (Lipinski definition) is 5. The summed E-state index contributed by atoms with van der Waals surface area (Å²) < 4.78 is 12.0. The van der Waals surface area contributed by atoms with Crippen molar-refractivity contribution in [2.45, 2.75) is 70.5 Å². The van der Waals surface area contributed by atoms with Crippen molar-refractivity contribution < 1.29 is 19.1 Å². The van der Waals surface area contributed by atoms with Crippen molar-refractivity contribution in [1.82, 2.24) is 5.32 Å². The third-order valence-electron chi connectivity index (χ3n) is 7.01. The number of rotatable bonds is 6. The van der Waals surface area contributed by atoms with Gasteiger partial charge in [-0.1, -0.05) is 42.5 Å². The van der Waals surface area contributed by atoms with Crippen LogP contribution in [-0.2, 0) is 20.9 Å². The molecule has 5 nitrogen and oxygen atoms in total. The summed E-state index contributed by atoms with van der Waals surface area (Å²) in [5.41, 5.74) is 4.92. The van der Waals surface area contributed by atoms with Crippen molar-refractivity contribution in [1.29, 1.82) is 0 Å². The molecule has 1 saturated carbocycles. The number of esters is 1. The molecular formula is C29H31NO4. The topological polar surface area (TPSA) is 64.6 Å². The lowest BCUT2D eigenvalue weighted by atomic mass is 9.75. The van der Waals surface area contributed by atoms with Gasteiger partial charge in [0.2, 0.25) is 0 Å². The van der Waals surface area contributed by atoms with E-state index in [-0.39, 0.29) is 17.9 Å². The Balaban J connectivity index is 1.48. The number of benzene rings is 2. The maximum atomic E-state index is 13.4. The minimum atomic E-state index is -0.446. The van der Waals surface area contributed by atoms with Crippen LogP contribution in [0.1, 0.15) is 68.9 Å². The average molecular weight is 458 g/mol. The van der Waals surface area contributed by atoms with E-state index in [1.54, 1.807) is 0 Å². The van der Waals surface area contributed by atoms with Crippen LogP contribution in [0.25, 0.3) is 0 Å². The Kier molecular flexibility index (Phi) is 6.52. The van der Waals surface area contributed by atoms with Crippen LogP contribution in [-0.4, -0.2) is 17.9 Å². The number of carbonyl (C=O) groups is 2. The molecule has 1 heterocycles. The van der Waals surface area contributed by atoms with Crippen LogP contribution in [0.5, 0.6) is 5.75 Å². The maximum absolute atomic E-state index is 13.4. The number of dihydropyridines is 1. The summed E-state index contributed by atoms with van der Waals surface area (Å²) in [5, 5.41) is 3.37. The Morgan fingerprint density at radius 2 is 1.79 bits per heavy atom. The minimum Gasteiger partial charge on any atom is -0.489 e. The molecule has 3 aliphatic rings. The molecule has 0 radical (unpaired) electrons. The Bertz CT molecular complexity index is 1140. The fourth-order valence-electron chi connectivity index (χ4n) is 5.33. The SMILES string of the molecule is CC1=C(C(=O)OC2CCCC2)C(c2cccc(OCc3ccccc3)c2)C2=C(CCCC2=O)N1. The van der Waals surface area contributed by atoms with Crippen molar-refractivity contribution in [3.05, 3.63) is 88.3 Å². The molecule has 1 fully saturated rings. The normalized spacial score (nSPS) is 20.7. The summed E-state index contributed by atoms with van der Waals surface area (Å²) in [4.78, 5) is 26.6. The second-order valence-corrected chi connectivity index (χ2v) is 9.42. The van der Waals surface area contributed by atoms with Crippen LogP contribution in [0.15, 0.2) is 77.1 Å². The average Bonchev–Trinajstić information content (AvgIpc) is 3.36. The summed E-state index contributed by atoms with van der Waals surface area (Å²) >= 11 is 0. The first-order chi connectivity index (χ1) is 16.6. The highest BCUT2D eigenvalue weighted by Crippen LogP contribution is 2.43. The van der Waals surface area contributed by atoms with Crippen molar-refractivity contribution in [3.63, 3.8) is 0 Å². The molecule has 1 unspecified atom stereocenters. The molecule has 0 spiro atoms. The number of nitrogens with one attached hydrogen (secondary N) is 1. The van der Waals surface area contributed by atoms with Crippen molar-refractivity contribution in [2.24, 2.45) is 0 Å². The van der Waals surface area contributed by atoms with E-state index in [0.717, 1.165) is 61.0 Å². The van der Waals surface area contributed by atoms with E-state index < -0.39 is 5.92 Å². The largest absolute Gasteiger partial charge is 0.489 e. The highest BCUT2D eigenvalue weighted by atomic mass is 16.5. The third kappa shape index (κ3) is 4.65. The molecule has 2 aliphatic carbocycles. The summed E-state index contributed by atoms with van der Waals surface area (Å²) in [6, 6.07) is 17.8. The predicted molar refractivity (Wildman–Crippen MR) is 130 cm³/mol. The number of hydrogen-bond donors (Lipinski definition) is 1. The highest BCUT2D eigenvalue weighted by Gasteiger charge is 2.40. The predicted octanol–water partition coefficient (Wildman–Crippen LogP) is 5.72. The van der Waals surface area contributed by atoms with Crippen LogP contribution < -0.4 is 10.1 Å². The monoisotopic (exact) mass is 457 g/mol. The van der Waals surface area contributed by atoms with Gasteiger partial charge in [-0.2, -0.15) is 0 Å². The maximum Gasteiger partial charge on any atom is 0.337 e. The molecule has 34 heavy (non-hydrogen) atoms. The standard InChI is InChI=1S/C29H31NO4/c1-19-26(29(32)34-22-12-5-6-13-22)27(28-24(30-19)15-8-16-25(28)31)21-11-7-14-23(17-21)33-18-20-9-3-2-4-10-20/h2-4,7,9-11,14,17,22,27,30H,5-6,8,12-13,15-16,18H2,1H3. The van der Waals surface area contributed by atoms with Crippen LogP contribution in [0, 0.1) is 0 Å². The van der Waals surface area contributed by atoms with E-state index in [1.807, 2.05) is 61.5 Å². The van der Waals surface area contributed by atoms with Gasteiger partial charge in [0.1, 0.15) is 18.5 Å². The van der Waals surface area contributed by atoms with Crippen LogP contribution in [0.2, 0.25) is 0 Å². The zero-order valence-electron chi connectivity index (χ0n) is 19.6. The molecule has 1 N–H and O–H groups in total. The fraction of sp³-hybridized carbons (Fsp3) is 0.379. The van der Waals surface area contributed by atoms with Gasteiger partial charge in [0.25, 0.3) is 0 Å². The number of carbonyl (C=O) groups excluding carboxylic acids is 2. The van der Waals surface area contributed by atoms with Crippen molar-refractivity contribution in [3.8, 4) is 5.75 Å². The number of ketones is 1. The molecule has 0 bridgehead atoms. The van der Waals surface area contributed by atoms with E-state index in [1.165, 1.54) is 0 Å². The van der Waals surface area contributed by atoms with E-state index in [4.69, 9.17) is 9.47 Å². The van der Waals surface area contributed by atoms with E-state index in [0.29, 0.717) is 29.9 Å². The van der Waals surface area contributed by atoms with Gasteiger partial charge in [0.05, 0.1) is 5.57 Å². The Hall–Kier alpha value is -3.34. The van der Waals surface area contributed by atoms with Gasteiger partial charge in [-0.25, -0.2) is 4.79 Å². The van der Waals surface area contributed by atoms with E-state index in [9.17, 15) is 9.59 Å². The van der Waals surface area contributed by atoms with Gasteiger partial charge < -0.3 is 14.8 Å². The molecule has 2 aromatic rings. The Morgan fingerprint density at radius 3 is 2.59 bits per heavy atom. The van der Waals surface area contributed by atoms with E-state index >= 15 is 0 Å². The molecular weight excluding hydrogens is 426 g/mol. The van der Waals surface area contributed by atoms with Crippen LogP contribution >= 0.6 is 0 Å². The minimum absolute atomic E-state index is 0.0357. The summed E-state index contributed by atoms with van der Waals surface area (Å²) in [5.74, 6) is 0.0557. The molecule has 1 atom stereocenters. The van der Waals surface area contributed by atoms with Gasteiger partial charge >= 0.3 is 5.97 Å². The highest BCUT2D eigenvalue weighted by molar-refractivity contribution is 6.03. The Labute approximate surface area is 200 Å². The first-order valence-corrected chi connectivity index (χ1v) is 12.3. The lowest BCUT2D eigenvalue weighted by Gasteiger charge is -2.34. The van der Waals surface area contributed by atoms with Crippen LogP contribution in [0.3, 0.4) is 0 Å². The second kappa shape index (κ2) is 9.88. The number of allylic oxidation sites excluding steroid dienone is 3. The third-order valence-corrected chi connectivity index (χ3v) is 7.01. The molecule has 5 rings (SSSR count). The van der Waals surface area contributed by atoms with Crippen molar-refractivity contribution >= 4 is 11.8 Å². The molecule has 0 saturated heterocycles. The van der Waals surface area contributed by atoms with Gasteiger partial charge in [0.15, 0.2) is 5.78 Å². The molecule has 5 heteroatoms. The Morgan fingerprint density at radius 1 is 1.00 bits per heavy atom. The molecule has 2 aromatic carbocycles. The van der Waals surface area contributed by atoms with Gasteiger partial charge in [-0.05, 0) is 68.7 Å². The zero-order chi connectivity index (χ0) is 23.5. The van der Waals surface area contributed by atoms with Crippen molar-refractivity contribution in [2.75, 3.05) is 0 Å². The smallest absolute Gasteiger partial charge is 0.337 e. The van der Waals surface area contributed by atoms with Gasteiger partial charge in [-0.15, -0.1) is 0 Å². The lowest BCUT2D eigenvalue weighted by Crippen LogP contribution is -2.35. The number of Topliss-reactive ketones (excluding diaryl/α,β-unsaturated/α-hetero) is 1. The summed E-state index contributed by atoms with van der Waals surface area (Å²) in [6.45, 7) is 2.37. The zero-order valence-corrected chi connectivity index (χ0v) is 19.6. The van der Waals surface area contributed by atoms with E-state index in [2.05, 4.69) is 5.32 Å². The number of ether oxygens (including phenoxy) is 2. The van der Waals surface area contributed by atoms with Crippen LogP contribution in [0.4, 0.5) is 0 Å². The first kappa shape index (κ1) is 22.5. The summed E-state index contributed by atoms with van der Waals surface area (Å²) in [7, 11) is 0. The first-order valence-electron chi connectivity index (χ1n) is 12.3. The second-order valence-electron chi connectivity index (χ2n) is 9.42. The molecule has 176 valence electrons. The lowest BCUT2D eigenvalue weighted by molar-refractivity contribution is -0.144. The molecule has 0 amide bonds.